The molecule has 1 N–H and O–H groups in total. The predicted molar refractivity (Wildman–Crippen MR) is 95.8 cm³/mol. The highest BCUT2D eigenvalue weighted by molar-refractivity contribution is 7.91. The van der Waals surface area contributed by atoms with E-state index in [0.29, 0.717) is 32.5 Å². The summed E-state index contributed by atoms with van der Waals surface area (Å²) in [6.45, 7) is 1.51. The maximum atomic E-state index is 13.2. The van der Waals surface area contributed by atoms with Crippen molar-refractivity contribution in [1.82, 2.24) is 15.1 Å². The van der Waals surface area contributed by atoms with Gasteiger partial charge >= 0.3 is 6.03 Å². The summed E-state index contributed by atoms with van der Waals surface area (Å²) in [5.41, 5.74) is 0.809. The van der Waals surface area contributed by atoms with Crippen LogP contribution in [0.1, 0.15) is 12.0 Å². The molecule has 1 atom stereocenters. The van der Waals surface area contributed by atoms with Crippen molar-refractivity contribution in [2.24, 2.45) is 0 Å². The molecule has 2 amide bonds. The zero-order valence-corrected chi connectivity index (χ0v) is 15.6. The standard InChI is InChI=1S/C17H26FN3O3S/c1-20(2)9-10-21(16-7-11-25(23,24)13-16)17(22)19-8-6-14-4-3-5-15(18)12-14/h3-5,12,16H,6-11,13H2,1-2H3,(H,19,22). The van der Waals surface area contributed by atoms with Crippen LogP contribution < -0.4 is 5.32 Å². The van der Waals surface area contributed by atoms with Gasteiger partial charge in [-0.1, -0.05) is 12.1 Å². The predicted octanol–water partition coefficient (Wildman–Crippen LogP) is 1.13. The number of nitrogens with one attached hydrogen (secondary N) is 1. The van der Waals surface area contributed by atoms with Crippen molar-refractivity contribution in [3.63, 3.8) is 0 Å². The Morgan fingerprint density at radius 1 is 1.32 bits per heavy atom. The van der Waals surface area contributed by atoms with Crippen LogP contribution in [0.5, 0.6) is 0 Å². The fourth-order valence-electron chi connectivity index (χ4n) is 2.89. The van der Waals surface area contributed by atoms with Crippen LogP contribution in [0.25, 0.3) is 0 Å². The van der Waals surface area contributed by atoms with Gasteiger partial charge in [0.05, 0.1) is 11.5 Å². The molecule has 1 saturated heterocycles. The number of carbonyl (C=O) groups excluding carboxylic acids is 1. The quantitative estimate of drug-likeness (QED) is 0.780. The van der Waals surface area contributed by atoms with Gasteiger partial charge in [0, 0.05) is 25.7 Å². The molecule has 8 heteroatoms. The summed E-state index contributed by atoms with van der Waals surface area (Å²) in [5, 5.41) is 2.83. The van der Waals surface area contributed by atoms with Crippen LogP contribution in [0.15, 0.2) is 24.3 Å². The molecule has 6 nitrogen and oxygen atoms in total. The average Bonchev–Trinajstić information content (AvgIpc) is 2.87. The van der Waals surface area contributed by atoms with Crippen LogP contribution in [0, 0.1) is 5.82 Å². The lowest BCUT2D eigenvalue weighted by atomic mass is 10.1. The van der Waals surface area contributed by atoms with E-state index >= 15 is 0 Å². The fraction of sp³-hybridized carbons (Fsp3) is 0.588. The highest BCUT2D eigenvalue weighted by Gasteiger charge is 2.34. The van der Waals surface area contributed by atoms with Crippen molar-refractivity contribution < 1.29 is 17.6 Å². The molecule has 1 aromatic carbocycles. The van der Waals surface area contributed by atoms with Crippen molar-refractivity contribution in [1.29, 1.82) is 0 Å². The molecule has 1 aromatic rings. The van der Waals surface area contributed by atoms with Gasteiger partial charge < -0.3 is 15.1 Å². The Kier molecular flexibility index (Phi) is 6.78. The molecule has 1 fully saturated rings. The lowest BCUT2D eigenvalue weighted by Gasteiger charge is -2.29. The van der Waals surface area contributed by atoms with Crippen LogP contribution in [0.3, 0.4) is 0 Å². The minimum atomic E-state index is -3.06. The number of carbonyl (C=O) groups is 1. The third-order valence-electron chi connectivity index (χ3n) is 4.28. The Hall–Kier alpha value is -1.67. The van der Waals surface area contributed by atoms with E-state index in [2.05, 4.69) is 5.32 Å². The first-order valence-electron chi connectivity index (χ1n) is 8.41. The molecule has 1 aliphatic rings. The monoisotopic (exact) mass is 371 g/mol. The number of benzene rings is 1. The van der Waals surface area contributed by atoms with E-state index in [1.54, 1.807) is 11.0 Å². The van der Waals surface area contributed by atoms with E-state index in [0.717, 1.165) is 5.56 Å². The normalized spacial score (nSPS) is 19.1. The van der Waals surface area contributed by atoms with Gasteiger partial charge in [-0.05, 0) is 44.6 Å². The number of sulfone groups is 1. The van der Waals surface area contributed by atoms with Crippen LogP contribution in [0.2, 0.25) is 0 Å². The van der Waals surface area contributed by atoms with Gasteiger partial charge in [-0.2, -0.15) is 0 Å². The zero-order valence-electron chi connectivity index (χ0n) is 14.7. The molecule has 0 aliphatic carbocycles. The third-order valence-corrected chi connectivity index (χ3v) is 6.03. The summed E-state index contributed by atoms with van der Waals surface area (Å²) in [6, 6.07) is 5.73. The lowest BCUT2D eigenvalue weighted by Crippen LogP contribution is -2.49. The molecule has 0 spiro atoms. The second-order valence-corrected chi connectivity index (χ2v) is 8.89. The molecule has 140 valence electrons. The minimum absolute atomic E-state index is 0.0255. The Morgan fingerprint density at radius 2 is 2.08 bits per heavy atom. The molecule has 1 heterocycles. The Labute approximate surface area is 148 Å². The maximum absolute atomic E-state index is 13.2. The first-order chi connectivity index (χ1) is 11.8. The Bertz CT molecular complexity index is 694. The highest BCUT2D eigenvalue weighted by atomic mass is 32.2. The molecule has 1 unspecified atom stereocenters. The van der Waals surface area contributed by atoms with Crippen molar-refractivity contribution >= 4 is 15.9 Å². The largest absolute Gasteiger partial charge is 0.338 e. The summed E-state index contributed by atoms with van der Waals surface area (Å²) in [4.78, 5) is 16.1. The van der Waals surface area contributed by atoms with Crippen LogP contribution in [0.4, 0.5) is 9.18 Å². The maximum Gasteiger partial charge on any atom is 0.317 e. The number of likely N-dealkylation sites (N-methyl/N-ethyl adjacent to an activating group) is 1. The number of nitrogens with zero attached hydrogens (tertiary/aromatic N) is 2. The van der Waals surface area contributed by atoms with Gasteiger partial charge in [-0.15, -0.1) is 0 Å². The first kappa shape index (κ1) is 19.7. The van der Waals surface area contributed by atoms with E-state index < -0.39 is 9.84 Å². The second-order valence-electron chi connectivity index (χ2n) is 6.67. The molecular formula is C17H26FN3O3S. The average molecular weight is 371 g/mol. The third kappa shape index (κ3) is 6.28. The summed E-state index contributed by atoms with van der Waals surface area (Å²) in [5.74, 6) is -0.141. The molecule has 1 aliphatic heterocycles. The molecule has 25 heavy (non-hydrogen) atoms. The van der Waals surface area contributed by atoms with Crippen molar-refractivity contribution in [3.05, 3.63) is 35.6 Å². The van der Waals surface area contributed by atoms with Crippen molar-refractivity contribution in [2.45, 2.75) is 18.9 Å². The molecule has 0 saturated carbocycles. The summed E-state index contributed by atoms with van der Waals surface area (Å²) in [6.07, 6.45) is 1.00. The molecule has 0 radical (unpaired) electrons. The van der Waals surface area contributed by atoms with Crippen LogP contribution in [-0.2, 0) is 16.3 Å². The highest BCUT2D eigenvalue weighted by Crippen LogP contribution is 2.18. The first-order valence-corrected chi connectivity index (χ1v) is 10.2. The second kappa shape index (κ2) is 8.62. The fourth-order valence-corrected chi connectivity index (χ4v) is 4.62. The molecule has 0 aromatic heterocycles. The number of hydrogen-bond donors (Lipinski definition) is 1. The van der Waals surface area contributed by atoms with Crippen molar-refractivity contribution in [3.8, 4) is 0 Å². The number of rotatable bonds is 7. The molecule has 2 rings (SSSR count). The SMILES string of the molecule is CN(C)CCN(C(=O)NCCc1cccc(F)c1)C1CCS(=O)(=O)C1. The number of amides is 2. The molecular weight excluding hydrogens is 345 g/mol. The van der Waals surface area contributed by atoms with Gasteiger partial charge in [-0.3, -0.25) is 0 Å². The van der Waals surface area contributed by atoms with Gasteiger partial charge in [0.25, 0.3) is 0 Å². The van der Waals surface area contributed by atoms with E-state index in [1.807, 2.05) is 25.1 Å². The van der Waals surface area contributed by atoms with Gasteiger partial charge in [-0.25, -0.2) is 17.6 Å². The number of hydrogen-bond acceptors (Lipinski definition) is 4. The Morgan fingerprint density at radius 3 is 2.68 bits per heavy atom. The van der Waals surface area contributed by atoms with E-state index in [1.165, 1.54) is 12.1 Å². The summed E-state index contributed by atoms with van der Waals surface area (Å²) < 4.78 is 36.6. The van der Waals surface area contributed by atoms with Gasteiger partial charge in [0.2, 0.25) is 0 Å². The number of halogens is 1. The Balaban J connectivity index is 1.92. The molecule has 0 bridgehead atoms. The van der Waals surface area contributed by atoms with Gasteiger partial charge in [0.1, 0.15) is 5.82 Å². The van der Waals surface area contributed by atoms with Crippen LogP contribution in [-0.4, -0.2) is 75.5 Å². The summed E-state index contributed by atoms with van der Waals surface area (Å²) in [7, 11) is 0.759. The topological polar surface area (TPSA) is 69.7 Å². The van der Waals surface area contributed by atoms with Gasteiger partial charge in [0.15, 0.2) is 9.84 Å². The zero-order chi connectivity index (χ0) is 18.4. The van der Waals surface area contributed by atoms with Crippen molar-refractivity contribution in [2.75, 3.05) is 45.2 Å². The van der Waals surface area contributed by atoms with E-state index in [-0.39, 0.29) is 29.4 Å². The summed E-state index contributed by atoms with van der Waals surface area (Å²) >= 11 is 0. The van der Waals surface area contributed by atoms with E-state index in [9.17, 15) is 17.6 Å². The number of urea groups is 1. The minimum Gasteiger partial charge on any atom is -0.338 e. The van der Waals surface area contributed by atoms with E-state index in [4.69, 9.17) is 0 Å². The lowest BCUT2D eigenvalue weighted by molar-refractivity contribution is 0.173. The smallest absolute Gasteiger partial charge is 0.317 e. The van der Waals surface area contributed by atoms with Crippen LogP contribution >= 0.6 is 0 Å².